The van der Waals surface area contributed by atoms with Gasteiger partial charge in [0.2, 0.25) is 10.0 Å². The molecule has 0 unspecified atom stereocenters. The molecule has 1 rings (SSSR count). The predicted octanol–water partition coefficient (Wildman–Crippen LogP) is 1.82. The molecule has 0 saturated heterocycles. The molecule has 0 atom stereocenters. The Kier molecular flexibility index (Phi) is 12.3. The van der Waals surface area contributed by atoms with Gasteiger partial charge < -0.3 is 10.6 Å². The molecule has 0 bridgehead atoms. The summed E-state index contributed by atoms with van der Waals surface area (Å²) in [5.74, 6) is 0.977. The molecule has 1 saturated carbocycles. The molecule has 0 spiro atoms. The van der Waals surface area contributed by atoms with Gasteiger partial charge in [-0.05, 0) is 33.1 Å². The molecule has 0 aromatic heterocycles. The van der Waals surface area contributed by atoms with Gasteiger partial charge in [-0.2, -0.15) is 0 Å². The van der Waals surface area contributed by atoms with Gasteiger partial charge in [-0.25, -0.2) is 13.1 Å². The van der Waals surface area contributed by atoms with Crippen molar-refractivity contribution in [3.05, 3.63) is 0 Å². The van der Waals surface area contributed by atoms with Gasteiger partial charge in [-0.15, -0.1) is 24.0 Å². The molecule has 1 aliphatic rings. The van der Waals surface area contributed by atoms with E-state index >= 15 is 0 Å². The summed E-state index contributed by atoms with van der Waals surface area (Å²) in [5, 5.41) is 6.72. The van der Waals surface area contributed by atoms with E-state index < -0.39 is 10.0 Å². The molecule has 0 aliphatic heterocycles. The number of halogens is 1. The number of rotatable bonds is 8. The lowest BCUT2D eigenvalue weighted by Gasteiger charge is -2.24. The van der Waals surface area contributed by atoms with E-state index in [4.69, 9.17) is 0 Å². The van der Waals surface area contributed by atoms with Crippen molar-refractivity contribution in [2.24, 2.45) is 4.99 Å². The highest BCUT2D eigenvalue weighted by Gasteiger charge is 2.14. The van der Waals surface area contributed by atoms with Crippen molar-refractivity contribution in [3.8, 4) is 0 Å². The average molecular weight is 446 g/mol. The van der Waals surface area contributed by atoms with Gasteiger partial charge in [0.1, 0.15) is 0 Å². The van der Waals surface area contributed by atoms with Crippen molar-refractivity contribution < 1.29 is 8.42 Å². The van der Waals surface area contributed by atoms with Crippen molar-refractivity contribution >= 4 is 40.0 Å². The van der Waals surface area contributed by atoms with Crippen molar-refractivity contribution in [2.45, 2.75) is 58.4 Å². The molecule has 6 nitrogen and oxygen atoms in total. The fraction of sp³-hybridized carbons (Fsp3) is 0.929. The summed E-state index contributed by atoms with van der Waals surface area (Å²) in [5.41, 5.74) is 0. The van der Waals surface area contributed by atoms with Gasteiger partial charge in [-0.1, -0.05) is 19.3 Å². The maximum absolute atomic E-state index is 11.3. The normalized spacial score (nSPS) is 16.9. The van der Waals surface area contributed by atoms with Crippen LogP contribution in [0.25, 0.3) is 0 Å². The fourth-order valence-electron chi connectivity index (χ4n) is 2.36. The Morgan fingerprint density at radius 2 is 1.86 bits per heavy atom. The molecule has 132 valence electrons. The number of nitrogens with one attached hydrogen (secondary N) is 3. The molecule has 8 heteroatoms. The summed E-state index contributed by atoms with van der Waals surface area (Å²) in [4.78, 5) is 4.51. The second-order valence-electron chi connectivity index (χ2n) is 5.39. The number of nitrogens with zero attached hydrogens (tertiary/aromatic N) is 1. The van der Waals surface area contributed by atoms with E-state index in [1.165, 1.54) is 32.1 Å². The van der Waals surface area contributed by atoms with Crippen LogP contribution in [0.3, 0.4) is 0 Å². The van der Waals surface area contributed by atoms with Crippen molar-refractivity contribution in [2.75, 3.05) is 25.4 Å². The van der Waals surface area contributed by atoms with Crippen LogP contribution in [0, 0.1) is 0 Å². The van der Waals surface area contributed by atoms with E-state index in [1.807, 2.05) is 6.92 Å². The molecule has 1 aliphatic carbocycles. The van der Waals surface area contributed by atoms with Crippen LogP contribution in [0.15, 0.2) is 4.99 Å². The third-order valence-corrected chi connectivity index (χ3v) is 5.00. The van der Waals surface area contributed by atoms with Gasteiger partial charge in [0.25, 0.3) is 0 Å². The van der Waals surface area contributed by atoms with Crippen LogP contribution < -0.4 is 15.4 Å². The Labute approximate surface area is 152 Å². The Bertz CT molecular complexity index is 409. The second kappa shape index (κ2) is 12.3. The largest absolute Gasteiger partial charge is 0.357 e. The zero-order valence-corrected chi connectivity index (χ0v) is 16.9. The molecule has 0 aromatic carbocycles. The minimum atomic E-state index is -3.08. The topological polar surface area (TPSA) is 82.6 Å². The first-order chi connectivity index (χ1) is 10.1. The van der Waals surface area contributed by atoms with E-state index in [0.29, 0.717) is 25.6 Å². The lowest BCUT2D eigenvalue weighted by Crippen LogP contribution is -2.44. The fourth-order valence-corrected chi connectivity index (χ4v) is 3.02. The highest BCUT2D eigenvalue weighted by atomic mass is 127. The van der Waals surface area contributed by atoms with Crippen LogP contribution in [0.5, 0.6) is 0 Å². The third kappa shape index (κ3) is 9.83. The molecule has 0 radical (unpaired) electrons. The highest BCUT2D eigenvalue weighted by Crippen LogP contribution is 2.17. The number of aliphatic imine (C=N–C) groups is 1. The van der Waals surface area contributed by atoms with Gasteiger partial charge in [0, 0.05) is 25.7 Å². The van der Waals surface area contributed by atoms with E-state index in [2.05, 4.69) is 20.3 Å². The minimum Gasteiger partial charge on any atom is -0.357 e. The Balaban J connectivity index is 0.00000441. The number of sulfonamides is 1. The van der Waals surface area contributed by atoms with Crippen LogP contribution in [0.4, 0.5) is 0 Å². The minimum absolute atomic E-state index is 0. The summed E-state index contributed by atoms with van der Waals surface area (Å²) in [7, 11) is -3.08. The lowest BCUT2D eigenvalue weighted by atomic mass is 9.96. The van der Waals surface area contributed by atoms with Gasteiger partial charge in [0.05, 0.1) is 5.75 Å². The average Bonchev–Trinajstić information content (AvgIpc) is 2.48. The summed E-state index contributed by atoms with van der Waals surface area (Å²) in [6.45, 7) is 5.59. The summed E-state index contributed by atoms with van der Waals surface area (Å²) in [6.07, 6.45) is 7.04. The summed E-state index contributed by atoms with van der Waals surface area (Å²) < 4.78 is 25.1. The Hall–Kier alpha value is -0.0900. The van der Waals surface area contributed by atoms with Crippen molar-refractivity contribution in [1.29, 1.82) is 0 Å². The second-order valence-corrected chi connectivity index (χ2v) is 7.49. The molecular weight excluding hydrogens is 415 g/mol. The van der Waals surface area contributed by atoms with Crippen LogP contribution in [0.2, 0.25) is 0 Å². The molecule has 22 heavy (non-hydrogen) atoms. The van der Waals surface area contributed by atoms with Gasteiger partial charge in [-0.3, -0.25) is 4.99 Å². The molecule has 0 heterocycles. The van der Waals surface area contributed by atoms with Crippen LogP contribution in [-0.4, -0.2) is 45.8 Å². The molecule has 0 aromatic rings. The van der Waals surface area contributed by atoms with E-state index in [0.717, 1.165) is 12.5 Å². The van der Waals surface area contributed by atoms with Crippen LogP contribution in [0.1, 0.15) is 52.4 Å². The molecule has 0 amide bonds. The van der Waals surface area contributed by atoms with Gasteiger partial charge in [0.15, 0.2) is 5.96 Å². The maximum atomic E-state index is 11.3. The van der Waals surface area contributed by atoms with E-state index in [-0.39, 0.29) is 29.7 Å². The SMILES string of the molecule is CCNC(=NCCCNS(=O)(=O)CC)NC1CCCCC1.I. The molecular formula is C14H31IN4O2S. The predicted molar refractivity (Wildman–Crippen MR) is 103 cm³/mol. The van der Waals surface area contributed by atoms with Gasteiger partial charge >= 0.3 is 0 Å². The lowest BCUT2D eigenvalue weighted by molar-refractivity contribution is 0.410. The smallest absolute Gasteiger partial charge is 0.211 e. The standard InChI is InChI=1S/C14H30N4O2S.HI/c1-3-15-14(18-13-9-6-5-7-10-13)16-11-8-12-17-21(19,20)4-2;/h13,17H,3-12H2,1-2H3,(H2,15,16,18);1H. The first-order valence-corrected chi connectivity index (χ1v) is 9.74. The zero-order chi connectivity index (χ0) is 15.6. The van der Waals surface area contributed by atoms with Crippen molar-refractivity contribution in [3.63, 3.8) is 0 Å². The number of hydrogen-bond donors (Lipinski definition) is 3. The summed E-state index contributed by atoms with van der Waals surface area (Å²) >= 11 is 0. The Morgan fingerprint density at radius 3 is 2.45 bits per heavy atom. The van der Waals surface area contributed by atoms with Crippen LogP contribution in [-0.2, 0) is 10.0 Å². The van der Waals surface area contributed by atoms with Crippen LogP contribution >= 0.6 is 24.0 Å². The highest BCUT2D eigenvalue weighted by molar-refractivity contribution is 14.0. The maximum Gasteiger partial charge on any atom is 0.211 e. The molecule has 3 N–H and O–H groups in total. The Morgan fingerprint density at radius 1 is 1.18 bits per heavy atom. The summed E-state index contributed by atoms with van der Waals surface area (Å²) in [6, 6.07) is 0.523. The number of guanidine groups is 1. The monoisotopic (exact) mass is 446 g/mol. The zero-order valence-electron chi connectivity index (χ0n) is 13.7. The van der Waals surface area contributed by atoms with E-state index in [9.17, 15) is 8.42 Å². The third-order valence-electron chi connectivity index (χ3n) is 3.60. The van der Waals surface area contributed by atoms with E-state index in [1.54, 1.807) is 6.92 Å². The first-order valence-electron chi connectivity index (χ1n) is 8.09. The first kappa shape index (κ1) is 21.9. The molecule has 1 fully saturated rings. The number of hydrogen-bond acceptors (Lipinski definition) is 3. The quantitative estimate of drug-likeness (QED) is 0.230. The van der Waals surface area contributed by atoms with Crippen molar-refractivity contribution in [1.82, 2.24) is 15.4 Å².